The van der Waals surface area contributed by atoms with Crippen LogP contribution in [0, 0.1) is 5.82 Å². The number of ether oxygens (including phenoxy) is 1. The molecule has 2 heterocycles. The van der Waals surface area contributed by atoms with Crippen LogP contribution >= 0.6 is 0 Å². The maximum atomic E-state index is 13.5. The highest BCUT2D eigenvalue weighted by atomic mass is 32.2. The number of amides is 1. The number of halogens is 1. The first-order valence-corrected chi connectivity index (χ1v) is 12.1. The molecule has 9 heteroatoms. The zero-order valence-electron chi connectivity index (χ0n) is 17.8. The summed E-state index contributed by atoms with van der Waals surface area (Å²) < 4.78 is 46.2. The molecule has 1 fully saturated rings. The molecule has 1 aliphatic heterocycles. The van der Waals surface area contributed by atoms with E-state index < -0.39 is 33.0 Å². The first-order valence-electron chi connectivity index (χ1n) is 10.6. The molecular formula is C24H24FN3O4S. The molecule has 0 bridgehead atoms. The van der Waals surface area contributed by atoms with Crippen molar-refractivity contribution in [3.05, 3.63) is 90.0 Å². The molecule has 2 atom stereocenters. The van der Waals surface area contributed by atoms with Gasteiger partial charge in [0.05, 0.1) is 10.9 Å². The van der Waals surface area contributed by atoms with Crippen LogP contribution in [0.3, 0.4) is 0 Å². The van der Waals surface area contributed by atoms with Crippen molar-refractivity contribution in [2.75, 3.05) is 6.54 Å². The van der Waals surface area contributed by atoms with E-state index in [9.17, 15) is 17.6 Å². The Morgan fingerprint density at radius 1 is 1.18 bits per heavy atom. The fraction of sp³-hybridized carbons (Fsp3) is 0.250. The Balaban J connectivity index is 1.63. The molecule has 3 aromatic rings. The van der Waals surface area contributed by atoms with E-state index in [4.69, 9.17) is 4.74 Å². The summed E-state index contributed by atoms with van der Waals surface area (Å²) in [7, 11) is -4.07. The van der Waals surface area contributed by atoms with Crippen molar-refractivity contribution >= 4 is 15.7 Å². The van der Waals surface area contributed by atoms with Crippen molar-refractivity contribution in [3.63, 3.8) is 0 Å². The fourth-order valence-corrected chi connectivity index (χ4v) is 5.22. The first-order chi connectivity index (χ1) is 15.9. The van der Waals surface area contributed by atoms with Crippen LogP contribution in [0.1, 0.15) is 29.3 Å². The van der Waals surface area contributed by atoms with Gasteiger partial charge in [0.1, 0.15) is 18.2 Å². The van der Waals surface area contributed by atoms with Crippen LogP contribution in [0.2, 0.25) is 0 Å². The van der Waals surface area contributed by atoms with E-state index in [1.807, 2.05) is 6.07 Å². The minimum absolute atomic E-state index is 0.0877. The lowest BCUT2D eigenvalue weighted by atomic mass is 10.2. The van der Waals surface area contributed by atoms with Gasteiger partial charge in [-0.2, -0.15) is 0 Å². The van der Waals surface area contributed by atoms with E-state index in [1.54, 1.807) is 42.7 Å². The molecule has 33 heavy (non-hydrogen) atoms. The number of hydrogen-bond donors (Lipinski definition) is 2. The molecule has 1 amide bonds. The third kappa shape index (κ3) is 5.55. The van der Waals surface area contributed by atoms with E-state index in [-0.39, 0.29) is 11.5 Å². The van der Waals surface area contributed by atoms with E-state index in [0.29, 0.717) is 24.3 Å². The number of hydrogen-bond acceptors (Lipinski definition) is 6. The topological polar surface area (TPSA) is 97.4 Å². The maximum Gasteiger partial charge on any atom is 0.238 e. The molecular weight excluding hydrogens is 445 g/mol. The van der Waals surface area contributed by atoms with Gasteiger partial charge in [-0.1, -0.05) is 18.2 Å². The van der Waals surface area contributed by atoms with Gasteiger partial charge >= 0.3 is 0 Å². The number of nitrogens with zero attached hydrogens (tertiary/aromatic N) is 1. The summed E-state index contributed by atoms with van der Waals surface area (Å²) in [4.78, 5) is 16.8. The largest absolute Gasteiger partial charge is 0.489 e. The second kappa shape index (κ2) is 10.1. The Morgan fingerprint density at radius 3 is 2.70 bits per heavy atom. The zero-order valence-corrected chi connectivity index (χ0v) is 18.6. The molecule has 0 aliphatic carbocycles. The van der Waals surface area contributed by atoms with Gasteiger partial charge in [-0.15, -0.1) is 0 Å². The molecule has 4 rings (SSSR count). The number of rotatable bonds is 8. The average Bonchev–Trinajstić information content (AvgIpc) is 3.37. The van der Waals surface area contributed by atoms with Crippen LogP contribution in [0.4, 0.5) is 4.39 Å². The van der Waals surface area contributed by atoms with E-state index in [2.05, 4.69) is 15.6 Å². The molecule has 1 aromatic heterocycles. The minimum atomic E-state index is -4.07. The second-order valence-electron chi connectivity index (χ2n) is 7.76. The van der Waals surface area contributed by atoms with E-state index >= 15 is 0 Å². The molecule has 172 valence electrons. The van der Waals surface area contributed by atoms with Crippen LogP contribution in [0.15, 0.2) is 78.0 Å². The van der Waals surface area contributed by atoms with Crippen LogP contribution < -0.4 is 15.4 Å². The highest BCUT2D eigenvalue weighted by Crippen LogP contribution is 2.30. The molecule has 1 aliphatic rings. The standard InChI is InChI=1S/C24H24FN3O4S/c25-19-8-10-21(11-9-19)33(30,31)24(28-23(29)22-7-3-13-27-22)18-5-1-6-20(14-18)32-16-17-4-2-12-26-15-17/h1-2,4-6,8-12,14-15,22,24,27H,3,7,13,16H2,(H,28,29)/t22?,24-/m0/s1. The normalized spacial score (nSPS) is 16.8. The van der Waals surface area contributed by atoms with Crippen LogP contribution in [0.25, 0.3) is 0 Å². The molecule has 1 saturated heterocycles. The Hall–Kier alpha value is -3.30. The summed E-state index contributed by atoms with van der Waals surface area (Å²) in [6.45, 7) is 0.955. The summed E-state index contributed by atoms with van der Waals surface area (Å²) in [6, 6.07) is 14.3. The summed E-state index contributed by atoms with van der Waals surface area (Å²) in [5.41, 5.74) is 1.20. The van der Waals surface area contributed by atoms with Crippen molar-refractivity contribution in [2.45, 2.75) is 35.8 Å². The van der Waals surface area contributed by atoms with Gasteiger partial charge in [0.15, 0.2) is 5.37 Å². The number of benzene rings is 2. The highest BCUT2D eigenvalue weighted by molar-refractivity contribution is 7.91. The lowest BCUT2D eigenvalue weighted by Gasteiger charge is -2.22. The van der Waals surface area contributed by atoms with Crippen molar-refractivity contribution in [1.29, 1.82) is 0 Å². The van der Waals surface area contributed by atoms with Crippen molar-refractivity contribution in [1.82, 2.24) is 15.6 Å². The lowest BCUT2D eigenvalue weighted by Crippen LogP contribution is -2.44. The summed E-state index contributed by atoms with van der Waals surface area (Å²) >= 11 is 0. The number of pyridine rings is 1. The summed E-state index contributed by atoms with van der Waals surface area (Å²) in [5.74, 6) is -0.496. The summed E-state index contributed by atoms with van der Waals surface area (Å²) in [6.07, 6.45) is 4.81. The van der Waals surface area contributed by atoms with Gasteiger partial charge in [-0.25, -0.2) is 12.8 Å². The second-order valence-corrected chi connectivity index (χ2v) is 9.79. The van der Waals surface area contributed by atoms with E-state index in [1.165, 1.54) is 12.1 Å². The average molecular weight is 470 g/mol. The van der Waals surface area contributed by atoms with Crippen LogP contribution in [0.5, 0.6) is 5.75 Å². The van der Waals surface area contributed by atoms with Gasteiger partial charge in [0, 0.05) is 18.0 Å². The maximum absolute atomic E-state index is 13.5. The molecule has 0 saturated carbocycles. The van der Waals surface area contributed by atoms with Gasteiger partial charge in [0.2, 0.25) is 15.7 Å². The number of aromatic nitrogens is 1. The Labute approximate surface area is 191 Å². The Bertz CT molecular complexity index is 1200. The Kier molecular flexibility index (Phi) is 7.00. The SMILES string of the molecule is O=C(N[C@H](c1cccc(OCc2cccnc2)c1)S(=O)(=O)c1ccc(F)cc1)C1CCCN1. The molecule has 2 aromatic carbocycles. The predicted octanol–water partition coefficient (Wildman–Crippen LogP) is 3.14. The molecule has 0 spiro atoms. The first kappa shape index (κ1) is 22.9. The molecule has 2 N–H and O–H groups in total. The number of sulfone groups is 1. The van der Waals surface area contributed by atoms with Crippen molar-refractivity contribution < 1.29 is 22.3 Å². The summed E-state index contributed by atoms with van der Waals surface area (Å²) in [5, 5.41) is 4.39. The number of carbonyl (C=O) groups is 1. The quantitative estimate of drug-likeness (QED) is 0.492. The third-order valence-electron chi connectivity index (χ3n) is 5.39. The minimum Gasteiger partial charge on any atom is -0.489 e. The lowest BCUT2D eigenvalue weighted by molar-refractivity contribution is -0.123. The number of nitrogens with one attached hydrogen (secondary N) is 2. The van der Waals surface area contributed by atoms with Crippen LogP contribution in [-0.2, 0) is 21.2 Å². The van der Waals surface area contributed by atoms with Crippen molar-refractivity contribution in [3.8, 4) is 5.75 Å². The smallest absolute Gasteiger partial charge is 0.238 e. The zero-order chi connectivity index (χ0) is 23.3. The Morgan fingerprint density at radius 2 is 2.00 bits per heavy atom. The van der Waals surface area contributed by atoms with E-state index in [0.717, 1.165) is 24.1 Å². The molecule has 7 nitrogen and oxygen atoms in total. The number of carbonyl (C=O) groups excluding carboxylic acids is 1. The van der Waals surface area contributed by atoms with Gasteiger partial charge < -0.3 is 15.4 Å². The highest BCUT2D eigenvalue weighted by Gasteiger charge is 2.33. The predicted molar refractivity (Wildman–Crippen MR) is 121 cm³/mol. The van der Waals surface area contributed by atoms with Gasteiger partial charge in [0.25, 0.3) is 0 Å². The third-order valence-corrected chi connectivity index (χ3v) is 7.33. The fourth-order valence-electron chi connectivity index (χ4n) is 3.66. The monoisotopic (exact) mass is 469 g/mol. The molecule has 0 radical (unpaired) electrons. The van der Waals surface area contributed by atoms with Gasteiger partial charge in [-0.05, 0) is 67.4 Å². The van der Waals surface area contributed by atoms with Gasteiger partial charge in [-0.3, -0.25) is 9.78 Å². The molecule has 1 unspecified atom stereocenters. The van der Waals surface area contributed by atoms with Crippen LogP contribution in [-0.4, -0.2) is 31.9 Å². The van der Waals surface area contributed by atoms with Crippen molar-refractivity contribution in [2.24, 2.45) is 0 Å².